The van der Waals surface area contributed by atoms with E-state index in [-0.39, 0.29) is 18.0 Å². The van der Waals surface area contributed by atoms with Crippen molar-refractivity contribution in [2.24, 2.45) is 7.05 Å². The fraction of sp³-hybridized carbons (Fsp3) is 0.647. The van der Waals surface area contributed by atoms with Crippen LogP contribution >= 0.6 is 0 Å². The van der Waals surface area contributed by atoms with Gasteiger partial charge < -0.3 is 14.8 Å². The molecule has 0 unspecified atom stereocenters. The van der Waals surface area contributed by atoms with Crippen LogP contribution in [-0.4, -0.2) is 47.4 Å². The molecular formula is C17H25N7O. The Morgan fingerprint density at radius 1 is 1.32 bits per heavy atom. The molecule has 2 aromatic rings. The van der Waals surface area contributed by atoms with Gasteiger partial charge in [0.25, 0.3) is 0 Å². The van der Waals surface area contributed by atoms with Crippen molar-refractivity contribution < 1.29 is 4.79 Å². The summed E-state index contributed by atoms with van der Waals surface area (Å²) in [7, 11) is 1.94. The Morgan fingerprint density at radius 2 is 2.12 bits per heavy atom. The van der Waals surface area contributed by atoms with Gasteiger partial charge in [0.2, 0.25) is 5.91 Å². The Kier molecular flexibility index (Phi) is 4.07. The van der Waals surface area contributed by atoms with Gasteiger partial charge in [-0.15, -0.1) is 10.2 Å². The molecule has 1 amide bonds. The fourth-order valence-electron chi connectivity index (χ4n) is 3.93. The molecule has 0 radical (unpaired) electrons. The van der Waals surface area contributed by atoms with Crippen molar-refractivity contribution in [3.8, 4) is 0 Å². The summed E-state index contributed by atoms with van der Waals surface area (Å²) < 4.78 is 3.98. The zero-order valence-corrected chi connectivity index (χ0v) is 15.0. The van der Waals surface area contributed by atoms with Gasteiger partial charge in [-0.2, -0.15) is 5.10 Å². The Hall–Kier alpha value is -2.22. The van der Waals surface area contributed by atoms with E-state index >= 15 is 0 Å². The van der Waals surface area contributed by atoms with Gasteiger partial charge >= 0.3 is 0 Å². The van der Waals surface area contributed by atoms with Crippen molar-refractivity contribution >= 4 is 5.91 Å². The second-order valence-corrected chi connectivity index (χ2v) is 6.96. The third-order valence-electron chi connectivity index (χ3n) is 5.32. The van der Waals surface area contributed by atoms with E-state index in [0.717, 1.165) is 36.7 Å². The van der Waals surface area contributed by atoms with Crippen molar-refractivity contribution in [1.82, 2.24) is 34.8 Å². The first-order chi connectivity index (χ1) is 12.1. The lowest BCUT2D eigenvalue weighted by molar-refractivity contribution is -0.129. The lowest BCUT2D eigenvalue weighted by Crippen LogP contribution is -2.38. The predicted molar refractivity (Wildman–Crippen MR) is 91.5 cm³/mol. The maximum atomic E-state index is 12.6. The molecule has 2 aromatic heterocycles. The number of carbonyl (C=O) groups excluding carboxylic acids is 1. The SMILES string of the molecule is CCn1c(C)nnc1CN[C@@H]1CC(=O)N(C2CC2)[C@H]1c1ccnn1C. The molecule has 1 saturated carbocycles. The molecule has 1 N–H and O–H groups in total. The molecule has 2 aliphatic rings. The molecule has 0 bridgehead atoms. The van der Waals surface area contributed by atoms with Crippen LogP contribution in [0.25, 0.3) is 0 Å². The van der Waals surface area contributed by atoms with Gasteiger partial charge in [0.05, 0.1) is 18.3 Å². The van der Waals surface area contributed by atoms with Gasteiger partial charge in [-0.05, 0) is 32.8 Å². The first-order valence-electron chi connectivity index (χ1n) is 9.01. The monoisotopic (exact) mass is 343 g/mol. The molecular weight excluding hydrogens is 318 g/mol. The van der Waals surface area contributed by atoms with Crippen molar-refractivity contribution in [2.75, 3.05) is 0 Å². The molecule has 3 heterocycles. The molecule has 134 valence electrons. The minimum atomic E-state index is 0.0339. The average Bonchev–Trinajstić information content (AvgIpc) is 3.11. The lowest BCUT2D eigenvalue weighted by atomic mass is 10.1. The first kappa shape index (κ1) is 16.3. The van der Waals surface area contributed by atoms with Crippen LogP contribution in [0.2, 0.25) is 0 Å². The third-order valence-corrected chi connectivity index (χ3v) is 5.32. The lowest BCUT2D eigenvalue weighted by Gasteiger charge is -2.28. The summed E-state index contributed by atoms with van der Waals surface area (Å²) in [6, 6.07) is 2.50. The number of likely N-dealkylation sites (tertiary alicyclic amines) is 1. The molecule has 0 aromatic carbocycles. The van der Waals surface area contributed by atoms with E-state index in [4.69, 9.17) is 0 Å². The van der Waals surface area contributed by atoms with Gasteiger partial charge in [0, 0.05) is 38.3 Å². The van der Waals surface area contributed by atoms with Crippen LogP contribution in [0.4, 0.5) is 0 Å². The number of aryl methyl sites for hydroxylation is 2. The summed E-state index contributed by atoms with van der Waals surface area (Å²) in [5.41, 5.74) is 1.09. The van der Waals surface area contributed by atoms with Crippen LogP contribution in [0, 0.1) is 6.92 Å². The summed E-state index contributed by atoms with van der Waals surface area (Å²) in [6.45, 7) is 5.51. The highest BCUT2D eigenvalue weighted by Crippen LogP contribution is 2.41. The normalized spacial score (nSPS) is 23.6. The van der Waals surface area contributed by atoms with Gasteiger partial charge in [0.1, 0.15) is 11.6 Å². The topological polar surface area (TPSA) is 80.9 Å². The van der Waals surface area contributed by atoms with E-state index in [1.807, 2.05) is 24.7 Å². The highest BCUT2D eigenvalue weighted by atomic mass is 16.2. The number of hydrogen-bond donors (Lipinski definition) is 1. The number of rotatable bonds is 6. The average molecular weight is 343 g/mol. The van der Waals surface area contributed by atoms with Crippen molar-refractivity contribution in [3.63, 3.8) is 0 Å². The number of nitrogens with one attached hydrogen (secondary N) is 1. The number of carbonyl (C=O) groups is 1. The molecule has 4 rings (SSSR count). The van der Waals surface area contributed by atoms with Gasteiger partial charge in [0.15, 0.2) is 0 Å². The minimum Gasteiger partial charge on any atom is -0.329 e. The van der Waals surface area contributed by atoms with Crippen LogP contribution in [0.3, 0.4) is 0 Å². The van der Waals surface area contributed by atoms with E-state index in [1.54, 1.807) is 6.20 Å². The molecule has 8 heteroatoms. The second-order valence-electron chi connectivity index (χ2n) is 6.96. The van der Waals surface area contributed by atoms with E-state index < -0.39 is 0 Å². The molecule has 1 saturated heterocycles. The number of aromatic nitrogens is 5. The van der Waals surface area contributed by atoms with E-state index in [9.17, 15) is 4.79 Å². The van der Waals surface area contributed by atoms with Gasteiger partial charge in [-0.1, -0.05) is 0 Å². The van der Waals surface area contributed by atoms with Gasteiger partial charge in [-0.3, -0.25) is 9.48 Å². The maximum absolute atomic E-state index is 12.6. The summed E-state index contributed by atoms with van der Waals surface area (Å²) in [5.74, 6) is 2.07. The van der Waals surface area contributed by atoms with Crippen molar-refractivity contribution in [1.29, 1.82) is 0 Å². The highest BCUT2D eigenvalue weighted by molar-refractivity contribution is 5.81. The predicted octanol–water partition coefficient (Wildman–Crippen LogP) is 0.934. The van der Waals surface area contributed by atoms with Crippen LogP contribution in [-0.2, 0) is 24.9 Å². The molecule has 8 nitrogen and oxygen atoms in total. The molecule has 1 aliphatic carbocycles. The van der Waals surface area contributed by atoms with Crippen LogP contribution in [0.1, 0.15) is 49.6 Å². The second kappa shape index (κ2) is 6.25. The van der Waals surface area contributed by atoms with Gasteiger partial charge in [-0.25, -0.2) is 0 Å². The summed E-state index contributed by atoms with van der Waals surface area (Å²) in [6.07, 6.45) is 4.54. The Balaban J connectivity index is 1.57. The van der Waals surface area contributed by atoms with Crippen LogP contribution < -0.4 is 5.32 Å². The third kappa shape index (κ3) is 2.84. The summed E-state index contributed by atoms with van der Waals surface area (Å²) in [5, 5.41) is 16.3. The van der Waals surface area contributed by atoms with Crippen LogP contribution in [0.5, 0.6) is 0 Å². The Labute approximate surface area is 147 Å². The van der Waals surface area contributed by atoms with E-state index in [2.05, 4.69) is 37.0 Å². The summed E-state index contributed by atoms with van der Waals surface area (Å²) >= 11 is 0. The standard InChI is InChI=1S/C17H25N7O/c1-4-23-11(2)20-21-15(23)10-18-13-9-16(25)24(12-5-6-12)17(13)14-7-8-19-22(14)3/h7-8,12-13,17-18H,4-6,9-10H2,1-3H3/t13-,17-/m1/s1. The Morgan fingerprint density at radius 3 is 2.76 bits per heavy atom. The maximum Gasteiger partial charge on any atom is 0.225 e. The first-order valence-corrected chi connectivity index (χ1v) is 9.01. The molecule has 25 heavy (non-hydrogen) atoms. The molecule has 1 aliphatic heterocycles. The smallest absolute Gasteiger partial charge is 0.225 e. The molecule has 2 fully saturated rings. The summed E-state index contributed by atoms with van der Waals surface area (Å²) in [4.78, 5) is 14.7. The zero-order valence-electron chi connectivity index (χ0n) is 15.0. The molecule has 2 atom stereocenters. The number of nitrogens with zero attached hydrogens (tertiary/aromatic N) is 6. The number of amides is 1. The largest absolute Gasteiger partial charge is 0.329 e. The molecule has 0 spiro atoms. The quantitative estimate of drug-likeness (QED) is 0.844. The van der Waals surface area contributed by atoms with E-state index in [0.29, 0.717) is 19.0 Å². The Bertz CT molecular complexity index is 776. The van der Waals surface area contributed by atoms with E-state index in [1.165, 1.54) is 0 Å². The van der Waals surface area contributed by atoms with Crippen molar-refractivity contribution in [2.45, 2.75) is 64.3 Å². The number of hydrogen-bond acceptors (Lipinski definition) is 5. The van der Waals surface area contributed by atoms with Crippen molar-refractivity contribution in [3.05, 3.63) is 29.6 Å². The highest BCUT2D eigenvalue weighted by Gasteiger charge is 2.48. The van der Waals surface area contributed by atoms with Crippen LogP contribution in [0.15, 0.2) is 12.3 Å². The fourth-order valence-corrected chi connectivity index (χ4v) is 3.93. The minimum absolute atomic E-state index is 0.0339. The zero-order chi connectivity index (χ0) is 17.6.